The number of benzene rings is 1. The molecule has 2 aliphatic rings. The van der Waals surface area contributed by atoms with Crippen molar-refractivity contribution in [2.24, 2.45) is 0 Å². The second-order valence-corrected chi connectivity index (χ2v) is 9.42. The number of ketones is 1. The van der Waals surface area contributed by atoms with Gasteiger partial charge in [0.15, 0.2) is 5.76 Å². The molecule has 2 aliphatic heterocycles. The number of ether oxygens (including phenoxy) is 2. The number of carbonyl (C=O) groups is 2. The average molecular weight is 472 g/mol. The van der Waals surface area contributed by atoms with E-state index in [9.17, 15) is 14.7 Å². The highest BCUT2D eigenvalue weighted by Crippen LogP contribution is 2.40. The number of carbonyl (C=O) groups excluding carboxylic acids is 2. The van der Waals surface area contributed by atoms with Crippen LogP contribution in [0.1, 0.15) is 38.4 Å². The summed E-state index contributed by atoms with van der Waals surface area (Å²) in [4.78, 5) is 35.4. The zero-order valence-electron chi connectivity index (χ0n) is 19.2. The van der Waals surface area contributed by atoms with Gasteiger partial charge < -0.3 is 19.5 Å². The highest BCUT2D eigenvalue weighted by molar-refractivity contribution is 7.14. The number of rotatable bonds is 8. The molecule has 0 radical (unpaired) electrons. The molecule has 1 amide bonds. The summed E-state index contributed by atoms with van der Waals surface area (Å²) in [5.41, 5.74) is 1.47. The van der Waals surface area contributed by atoms with E-state index < -0.39 is 17.7 Å². The number of hydrogen-bond acceptors (Lipinski definition) is 8. The minimum Gasteiger partial charge on any atom is -0.503 e. The van der Waals surface area contributed by atoms with E-state index in [2.05, 4.69) is 9.88 Å². The number of aliphatic hydroxyl groups is 1. The van der Waals surface area contributed by atoms with Crippen LogP contribution in [0.25, 0.3) is 0 Å². The van der Waals surface area contributed by atoms with Crippen LogP contribution in [0.3, 0.4) is 0 Å². The Morgan fingerprint density at radius 2 is 1.91 bits per heavy atom. The molecule has 1 fully saturated rings. The van der Waals surface area contributed by atoms with Gasteiger partial charge in [-0.1, -0.05) is 12.1 Å². The highest BCUT2D eigenvalue weighted by atomic mass is 32.1. The monoisotopic (exact) mass is 471 g/mol. The lowest BCUT2D eigenvalue weighted by Gasteiger charge is -2.30. The van der Waals surface area contributed by atoms with E-state index >= 15 is 0 Å². The quantitative estimate of drug-likeness (QED) is 0.592. The molecule has 1 saturated heterocycles. The molecule has 0 bridgehead atoms. The maximum atomic E-state index is 13.5. The number of hydrogen-bond donors (Lipinski definition) is 1. The lowest BCUT2D eigenvalue weighted by Crippen LogP contribution is -2.39. The molecule has 0 aliphatic carbocycles. The summed E-state index contributed by atoms with van der Waals surface area (Å²) >= 11 is 1.28. The molecule has 9 heteroatoms. The van der Waals surface area contributed by atoms with Gasteiger partial charge in [0, 0.05) is 26.2 Å². The molecule has 0 saturated carbocycles. The Labute approximate surface area is 197 Å². The Bertz CT molecular complexity index is 1060. The molecular weight excluding hydrogens is 442 g/mol. The minimum absolute atomic E-state index is 0.114. The number of nitrogens with zero attached hydrogens (tertiary/aromatic N) is 3. The van der Waals surface area contributed by atoms with Gasteiger partial charge in [-0.3, -0.25) is 14.5 Å². The molecule has 176 valence electrons. The van der Waals surface area contributed by atoms with Crippen LogP contribution in [0.2, 0.25) is 0 Å². The van der Waals surface area contributed by atoms with E-state index in [1.165, 1.54) is 11.3 Å². The number of aryl methyl sites for hydroxylation is 2. The van der Waals surface area contributed by atoms with Crippen LogP contribution in [0.4, 0.5) is 0 Å². The zero-order chi connectivity index (χ0) is 23.5. The molecule has 8 nitrogen and oxygen atoms in total. The fourth-order valence-corrected chi connectivity index (χ4v) is 5.28. The number of morpholine rings is 1. The molecule has 0 unspecified atom stereocenters. The molecule has 0 spiro atoms. The molecule has 2 aromatic rings. The first kappa shape index (κ1) is 23.4. The first-order valence-electron chi connectivity index (χ1n) is 11.1. The lowest BCUT2D eigenvalue weighted by atomic mass is 9.95. The number of aliphatic hydroxyl groups excluding tert-OH is 1. The fraction of sp³-hybridized carbons (Fsp3) is 0.458. The van der Waals surface area contributed by atoms with E-state index in [-0.39, 0.29) is 11.4 Å². The van der Waals surface area contributed by atoms with Crippen LogP contribution in [-0.2, 0) is 9.53 Å². The van der Waals surface area contributed by atoms with Gasteiger partial charge in [0.25, 0.3) is 5.91 Å². The first-order chi connectivity index (χ1) is 15.9. The fourth-order valence-electron chi connectivity index (χ4n) is 4.40. The predicted octanol–water partition coefficient (Wildman–Crippen LogP) is 3.07. The Morgan fingerprint density at radius 3 is 2.52 bits per heavy atom. The Hall–Kier alpha value is -2.75. The van der Waals surface area contributed by atoms with Gasteiger partial charge >= 0.3 is 0 Å². The summed E-state index contributed by atoms with van der Waals surface area (Å²) in [6.07, 6.45) is 0.728. The lowest BCUT2D eigenvalue weighted by molar-refractivity contribution is -0.129. The Kier molecular flexibility index (Phi) is 7.11. The minimum atomic E-state index is -0.664. The van der Waals surface area contributed by atoms with Gasteiger partial charge in [0.05, 0.1) is 47.5 Å². The van der Waals surface area contributed by atoms with Crippen LogP contribution in [0.15, 0.2) is 35.6 Å². The van der Waals surface area contributed by atoms with Crippen LogP contribution in [0, 0.1) is 13.8 Å². The van der Waals surface area contributed by atoms with Gasteiger partial charge in [-0.25, -0.2) is 4.98 Å². The molecular formula is C24H29N3O5S. The summed E-state index contributed by atoms with van der Waals surface area (Å²) in [6.45, 7) is 8.01. The van der Waals surface area contributed by atoms with Gasteiger partial charge in [-0.15, -0.1) is 11.3 Å². The summed E-state index contributed by atoms with van der Waals surface area (Å²) in [5.74, 6) is -0.657. The van der Waals surface area contributed by atoms with E-state index in [1.807, 2.05) is 19.1 Å². The second-order valence-electron chi connectivity index (χ2n) is 8.22. The predicted molar refractivity (Wildman–Crippen MR) is 125 cm³/mol. The largest absolute Gasteiger partial charge is 0.503 e. The number of aromatic nitrogens is 1. The van der Waals surface area contributed by atoms with Gasteiger partial charge in [0.1, 0.15) is 5.75 Å². The normalized spacial score (nSPS) is 19.4. The number of thiazole rings is 1. The van der Waals surface area contributed by atoms with Gasteiger partial charge in [-0.2, -0.15) is 0 Å². The number of amides is 1. The molecule has 1 atom stereocenters. The van der Waals surface area contributed by atoms with Crippen molar-refractivity contribution in [1.29, 1.82) is 0 Å². The molecule has 3 heterocycles. The van der Waals surface area contributed by atoms with Crippen molar-refractivity contribution in [3.8, 4) is 5.75 Å². The second kappa shape index (κ2) is 10.0. The third-order valence-electron chi connectivity index (χ3n) is 6.07. The molecule has 4 rings (SSSR count). The van der Waals surface area contributed by atoms with Crippen molar-refractivity contribution in [1.82, 2.24) is 14.8 Å². The summed E-state index contributed by atoms with van der Waals surface area (Å²) in [5, 5.41) is 11.6. The summed E-state index contributed by atoms with van der Waals surface area (Å²) in [7, 11) is 1.58. The Morgan fingerprint density at radius 1 is 1.21 bits per heavy atom. The van der Waals surface area contributed by atoms with Crippen LogP contribution in [0.5, 0.6) is 5.75 Å². The van der Waals surface area contributed by atoms with E-state index in [0.29, 0.717) is 36.1 Å². The Balaban J connectivity index is 1.63. The maximum absolute atomic E-state index is 13.5. The number of methoxy groups -OCH3 is 1. The van der Waals surface area contributed by atoms with Crippen LogP contribution in [-0.4, -0.2) is 78.1 Å². The maximum Gasteiger partial charge on any atom is 0.290 e. The molecule has 33 heavy (non-hydrogen) atoms. The van der Waals surface area contributed by atoms with Gasteiger partial charge in [0.2, 0.25) is 5.78 Å². The highest BCUT2D eigenvalue weighted by Gasteiger charge is 2.44. The third-order valence-corrected chi connectivity index (χ3v) is 7.14. The van der Waals surface area contributed by atoms with E-state index in [0.717, 1.165) is 36.6 Å². The summed E-state index contributed by atoms with van der Waals surface area (Å²) < 4.78 is 10.7. The van der Waals surface area contributed by atoms with Crippen molar-refractivity contribution in [2.45, 2.75) is 26.3 Å². The topological polar surface area (TPSA) is 92.2 Å². The number of Topliss-reactive ketones (excluding diaryl/α,β-unsaturated/α-hetero) is 1. The molecule has 1 aromatic heterocycles. The first-order valence-corrected chi connectivity index (χ1v) is 11.9. The van der Waals surface area contributed by atoms with Crippen molar-refractivity contribution < 1.29 is 24.2 Å². The molecule has 1 N–H and O–H groups in total. The van der Waals surface area contributed by atoms with Gasteiger partial charge in [-0.05, 0) is 38.0 Å². The average Bonchev–Trinajstić information content (AvgIpc) is 3.29. The standard InChI is InChI=1S/C24H29N3O5S/c1-15-23(33-16(2)25-15)21(28)19-20(17-5-7-18(31-3)8-6-17)27(24(30)22(19)29)10-4-9-26-11-13-32-14-12-26/h5-8,20,29H,4,9-14H2,1-3H3/t20-/m1/s1. The van der Waals surface area contributed by atoms with Crippen LogP contribution >= 0.6 is 11.3 Å². The summed E-state index contributed by atoms with van der Waals surface area (Å²) in [6, 6.07) is 6.60. The van der Waals surface area contributed by atoms with E-state index in [4.69, 9.17) is 9.47 Å². The van der Waals surface area contributed by atoms with E-state index in [1.54, 1.807) is 31.1 Å². The zero-order valence-corrected chi connectivity index (χ0v) is 20.0. The SMILES string of the molecule is COc1ccc([C@@H]2C(C(=O)c3sc(C)nc3C)=C(O)C(=O)N2CCCN2CCOCC2)cc1. The smallest absolute Gasteiger partial charge is 0.290 e. The van der Waals surface area contributed by atoms with Crippen molar-refractivity contribution in [3.63, 3.8) is 0 Å². The van der Waals surface area contributed by atoms with Crippen molar-refractivity contribution in [2.75, 3.05) is 46.5 Å². The molecule has 1 aromatic carbocycles. The third kappa shape index (κ3) is 4.80. The van der Waals surface area contributed by atoms with Crippen molar-refractivity contribution >= 4 is 23.0 Å². The van der Waals surface area contributed by atoms with Crippen molar-refractivity contribution in [3.05, 3.63) is 56.7 Å². The van der Waals surface area contributed by atoms with Crippen LogP contribution < -0.4 is 4.74 Å².